The Labute approximate surface area is 234 Å². The van der Waals surface area contributed by atoms with Crippen LogP contribution in [0.25, 0.3) is 5.57 Å². The summed E-state index contributed by atoms with van der Waals surface area (Å²) >= 11 is 3.80. The number of hydrogen-bond donors (Lipinski definition) is 3. The van der Waals surface area contributed by atoms with Gasteiger partial charge in [0.1, 0.15) is 11.6 Å². The molecule has 0 fully saturated rings. The molecule has 1 heterocycles. The Hall–Kier alpha value is -2.14. The summed E-state index contributed by atoms with van der Waals surface area (Å²) in [4.78, 5) is 13.3. The van der Waals surface area contributed by atoms with Gasteiger partial charge in [-0.3, -0.25) is 4.79 Å². The molecule has 0 aliphatic heterocycles. The maximum absolute atomic E-state index is 14.1. The minimum absolute atomic E-state index is 0.134. The number of carbonyl (C=O) groups excluding carboxylic acids is 1. The fraction of sp³-hybridized carbons (Fsp3) is 0.345. The van der Waals surface area contributed by atoms with Gasteiger partial charge in [0.05, 0.1) is 11.5 Å². The van der Waals surface area contributed by atoms with E-state index in [9.17, 15) is 18.7 Å². The first-order valence-corrected chi connectivity index (χ1v) is 14.3. The molecule has 1 amide bonds. The first kappa shape index (κ1) is 27.9. The Morgan fingerprint density at radius 1 is 1.16 bits per heavy atom. The van der Waals surface area contributed by atoms with Crippen LogP contribution in [0.15, 0.2) is 65.4 Å². The zero-order valence-electron chi connectivity index (χ0n) is 20.8. The van der Waals surface area contributed by atoms with Crippen molar-refractivity contribution < 1.29 is 18.7 Å². The molecule has 3 aromatic rings. The van der Waals surface area contributed by atoms with E-state index >= 15 is 0 Å². The minimum Gasteiger partial charge on any atom is -0.390 e. The highest BCUT2D eigenvalue weighted by Crippen LogP contribution is 2.50. The van der Waals surface area contributed by atoms with Crippen molar-refractivity contribution in [1.82, 2.24) is 5.32 Å². The maximum atomic E-state index is 14.1. The molecule has 0 spiro atoms. The summed E-state index contributed by atoms with van der Waals surface area (Å²) in [5, 5.41) is 19.6. The van der Waals surface area contributed by atoms with E-state index in [1.165, 1.54) is 12.1 Å². The van der Waals surface area contributed by atoms with Gasteiger partial charge in [0.25, 0.3) is 0 Å². The molecule has 0 bridgehead atoms. The molecule has 0 saturated heterocycles. The molecule has 0 radical (unpaired) electrons. The summed E-state index contributed by atoms with van der Waals surface area (Å²) in [6.07, 6.45) is 1.99. The van der Waals surface area contributed by atoms with Gasteiger partial charge in [-0.1, -0.05) is 31.6 Å². The number of nitrogens with two attached hydrogens (primary N) is 1. The third-order valence-electron chi connectivity index (χ3n) is 7.44. The van der Waals surface area contributed by atoms with Crippen LogP contribution >= 0.6 is 33.9 Å². The molecule has 4 N–H and O–H groups in total. The van der Waals surface area contributed by atoms with Gasteiger partial charge in [-0.15, -0.1) is 0 Å². The van der Waals surface area contributed by atoms with Crippen LogP contribution < -0.4 is 11.1 Å². The van der Waals surface area contributed by atoms with E-state index in [1.807, 2.05) is 41.9 Å². The molecule has 4 atom stereocenters. The van der Waals surface area contributed by atoms with E-state index < -0.39 is 34.6 Å². The zero-order valence-corrected chi connectivity index (χ0v) is 23.8. The monoisotopic (exact) mass is 636 g/mol. The van der Waals surface area contributed by atoms with Gasteiger partial charge in [-0.2, -0.15) is 11.3 Å². The molecule has 8 heteroatoms. The third-order valence-corrected chi connectivity index (χ3v) is 8.79. The van der Waals surface area contributed by atoms with Crippen molar-refractivity contribution in [3.8, 4) is 0 Å². The smallest absolute Gasteiger partial charge is 0.230 e. The number of nitrogens with one attached hydrogen (secondary N) is 1. The quantitative estimate of drug-likeness (QED) is 0.250. The lowest BCUT2D eigenvalue weighted by atomic mass is 9.57. The van der Waals surface area contributed by atoms with Gasteiger partial charge in [-0.25, -0.2) is 8.78 Å². The standard InChI is InChI=1S/C29H31F2IN2O2S/c1-3-5-25-24(20-8-9-37-17-20)15-29(27(33)36,14-19-10-21(30)13-22(31)11-19)26(35)28(25,2)34-16-18-6-4-7-23(32)12-18/h4,6-13,15,17,25-26,34-35H,3,5,14,16H2,1-2H3,(H2,33,36). The first-order valence-electron chi connectivity index (χ1n) is 12.3. The van der Waals surface area contributed by atoms with Crippen LogP contribution in [0.3, 0.4) is 0 Å². The lowest BCUT2D eigenvalue weighted by Gasteiger charge is -2.53. The molecular weight excluding hydrogens is 605 g/mol. The maximum Gasteiger partial charge on any atom is 0.230 e. The molecule has 37 heavy (non-hydrogen) atoms. The zero-order chi connectivity index (χ0) is 26.8. The molecule has 4 nitrogen and oxygen atoms in total. The summed E-state index contributed by atoms with van der Waals surface area (Å²) in [7, 11) is 0. The average Bonchev–Trinajstić information content (AvgIpc) is 3.37. The van der Waals surface area contributed by atoms with Crippen LogP contribution in [-0.4, -0.2) is 22.7 Å². The highest BCUT2D eigenvalue weighted by molar-refractivity contribution is 14.1. The first-order chi connectivity index (χ1) is 17.6. The van der Waals surface area contributed by atoms with Crippen LogP contribution in [0.2, 0.25) is 0 Å². The van der Waals surface area contributed by atoms with E-state index in [4.69, 9.17) is 5.73 Å². The Balaban J connectivity index is 1.87. The van der Waals surface area contributed by atoms with Gasteiger partial charge < -0.3 is 16.2 Å². The second-order valence-electron chi connectivity index (χ2n) is 9.98. The van der Waals surface area contributed by atoms with E-state index in [1.54, 1.807) is 17.4 Å². The number of thiophene rings is 1. The lowest BCUT2D eigenvalue weighted by molar-refractivity contribution is -0.136. The summed E-state index contributed by atoms with van der Waals surface area (Å²) in [5.74, 6) is -2.37. The second-order valence-corrected chi connectivity index (χ2v) is 12.0. The number of rotatable bonds is 9. The summed E-state index contributed by atoms with van der Waals surface area (Å²) in [6.45, 7) is 4.48. The molecular formula is C29H31F2IN2O2S. The number of amides is 1. The molecule has 196 valence electrons. The highest BCUT2D eigenvalue weighted by atomic mass is 127. The lowest BCUT2D eigenvalue weighted by Crippen LogP contribution is -2.67. The van der Waals surface area contributed by atoms with Crippen LogP contribution in [0.4, 0.5) is 8.78 Å². The fourth-order valence-electron chi connectivity index (χ4n) is 5.61. The van der Waals surface area contributed by atoms with Crippen LogP contribution in [0.1, 0.15) is 43.4 Å². The van der Waals surface area contributed by atoms with Crippen LogP contribution in [-0.2, 0) is 17.8 Å². The summed E-state index contributed by atoms with van der Waals surface area (Å²) in [6, 6.07) is 13.2. The Bertz CT molecular complexity index is 1280. The SMILES string of the molecule is CCCC1C(c2ccsc2)=CC(Cc2cc(F)cc(F)c2)(C(N)=O)C(O)C1(C)NCc1cccc(I)c1. The predicted octanol–water partition coefficient (Wildman–Crippen LogP) is 6.07. The molecule has 1 aromatic heterocycles. The van der Waals surface area contributed by atoms with Crippen LogP contribution in [0, 0.1) is 26.5 Å². The van der Waals surface area contributed by atoms with Crippen molar-refractivity contribution in [3.63, 3.8) is 0 Å². The highest BCUT2D eigenvalue weighted by Gasteiger charge is 2.57. The van der Waals surface area contributed by atoms with Gasteiger partial charge in [0.15, 0.2) is 0 Å². The Kier molecular flexibility index (Phi) is 8.52. The largest absolute Gasteiger partial charge is 0.390 e. The second kappa shape index (κ2) is 11.3. The average molecular weight is 637 g/mol. The topological polar surface area (TPSA) is 75.4 Å². The van der Waals surface area contributed by atoms with Gasteiger partial charge in [0.2, 0.25) is 5.91 Å². The normalized spacial score (nSPS) is 25.6. The van der Waals surface area contributed by atoms with Crippen molar-refractivity contribution >= 4 is 45.4 Å². The molecule has 4 rings (SSSR count). The fourth-order valence-corrected chi connectivity index (χ4v) is 6.89. The third kappa shape index (κ3) is 5.67. The Morgan fingerprint density at radius 2 is 1.89 bits per heavy atom. The number of primary amides is 1. The van der Waals surface area contributed by atoms with Crippen molar-refractivity contribution in [2.24, 2.45) is 17.1 Å². The van der Waals surface area contributed by atoms with Crippen molar-refractivity contribution in [1.29, 1.82) is 0 Å². The summed E-state index contributed by atoms with van der Waals surface area (Å²) < 4.78 is 29.3. The van der Waals surface area contributed by atoms with Crippen molar-refractivity contribution in [2.75, 3.05) is 0 Å². The Morgan fingerprint density at radius 3 is 2.49 bits per heavy atom. The van der Waals surface area contributed by atoms with Gasteiger partial charge in [-0.05, 0) is 106 Å². The van der Waals surface area contributed by atoms with E-state index in [0.717, 1.165) is 39.2 Å². The van der Waals surface area contributed by atoms with Crippen LogP contribution in [0.5, 0.6) is 0 Å². The number of benzene rings is 2. The predicted molar refractivity (Wildman–Crippen MR) is 153 cm³/mol. The van der Waals surface area contributed by atoms with Crippen molar-refractivity contribution in [3.05, 3.63) is 97.3 Å². The van der Waals surface area contributed by atoms with E-state index in [-0.39, 0.29) is 17.9 Å². The molecule has 0 saturated carbocycles. The summed E-state index contributed by atoms with van der Waals surface area (Å²) in [5.41, 5.74) is 6.64. The number of hydrogen-bond acceptors (Lipinski definition) is 4. The minimum atomic E-state index is -1.59. The van der Waals surface area contributed by atoms with E-state index in [2.05, 4.69) is 40.9 Å². The van der Waals surface area contributed by atoms with E-state index in [0.29, 0.717) is 6.54 Å². The number of carbonyl (C=O) groups is 1. The molecule has 1 aliphatic rings. The van der Waals surface area contributed by atoms with Crippen molar-refractivity contribution in [2.45, 2.75) is 51.3 Å². The number of aliphatic hydroxyl groups excluding tert-OH is 1. The molecule has 2 aromatic carbocycles. The van der Waals surface area contributed by atoms with Gasteiger partial charge >= 0.3 is 0 Å². The number of aliphatic hydroxyl groups is 1. The number of halogens is 3. The molecule has 1 aliphatic carbocycles. The molecule has 4 unspecified atom stereocenters. The van der Waals surface area contributed by atoms with Gasteiger partial charge in [0, 0.05) is 27.6 Å².